The van der Waals surface area contributed by atoms with Gasteiger partial charge in [-0.1, -0.05) is 0 Å². The van der Waals surface area contributed by atoms with Crippen LogP contribution < -0.4 is 10.5 Å². The molecular weight excluding hydrogens is 221 g/mol. The minimum atomic E-state index is -0.283. The van der Waals surface area contributed by atoms with E-state index in [1.807, 2.05) is 0 Å². The molecule has 2 rings (SSSR count). The highest BCUT2D eigenvalue weighted by Gasteiger charge is 2.24. The summed E-state index contributed by atoms with van der Waals surface area (Å²) in [5, 5.41) is 0. The molecule has 1 saturated heterocycles. The summed E-state index contributed by atoms with van der Waals surface area (Å²) in [6.45, 7) is 1.42. The highest BCUT2D eigenvalue weighted by molar-refractivity contribution is 5.32. The number of halogens is 1. The van der Waals surface area contributed by atoms with Gasteiger partial charge in [-0.3, -0.25) is 0 Å². The summed E-state index contributed by atoms with van der Waals surface area (Å²) in [6.07, 6.45) is 1.77. The second-order valence-electron chi connectivity index (χ2n) is 4.36. The van der Waals surface area contributed by atoms with Gasteiger partial charge in [0.25, 0.3) is 0 Å². The predicted octanol–water partition coefficient (Wildman–Crippen LogP) is 2.26. The Morgan fingerprint density at radius 3 is 2.76 bits per heavy atom. The first-order chi connectivity index (χ1) is 8.22. The number of nitrogens with two attached hydrogens (primary N) is 1. The second-order valence-corrected chi connectivity index (χ2v) is 4.36. The Morgan fingerprint density at radius 1 is 1.41 bits per heavy atom. The van der Waals surface area contributed by atoms with Gasteiger partial charge in [0.1, 0.15) is 11.6 Å². The van der Waals surface area contributed by atoms with Crippen molar-refractivity contribution in [2.75, 3.05) is 20.3 Å². The lowest BCUT2D eigenvalue weighted by Crippen LogP contribution is -2.28. The van der Waals surface area contributed by atoms with Crippen LogP contribution in [0.4, 0.5) is 4.39 Å². The zero-order chi connectivity index (χ0) is 12.3. The van der Waals surface area contributed by atoms with E-state index in [0.29, 0.717) is 24.5 Å². The second kappa shape index (κ2) is 5.47. The van der Waals surface area contributed by atoms with Crippen LogP contribution >= 0.6 is 0 Å². The van der Waals surface area contributed by atoms with Gasteiger partial charge in [0.05, 0.1) is 7.11 Å². The first kappa shape index (κ1) is 12.3. The molecule has 0 aromatic heterocycles. The Hall–Kier alpha value is -1.13. The van der Waals surface area contributed by atoms with Crippen molar-refractivity contribution in [3.8, 4) is 5.75 Å². The molecule has 0 amide bonds. The van der Waals surface area contributed by atoms with Gasteiger partial charge in [0, 0.05) is 24.8 Å². The monoisotopic (exact) mass is 239 g/mol. The van der Waals surface area contributed by atoms with Crippen LogP contribution in [0.15, 0.2) is 18.2 Å². The van der Waals surface area contributed by atoms with Crippen molar-refractivity contribution in [3.05, 3.63) is 29.6 Å². The van der Waals surface area contributed by atoms with Crippen LogP contribution in [-0.4, -0.2) is 20.3 Å². The van der Waals surface area contributed by atoms with E-state index in [-0.39, 0.29) is 17.8 Å². The number of methoxy groups -OCH3 is 1. The van der Waals surface area contributed by atoms with E-state index in [0.717, 1.165) is 12.8 Å². The highest BCUT2D eigenvalue weighted by Crippen LogP contribution is 2.31. The van der Waals surface area contributed by atoms with Crippen molar-refractivity contribution in [3.63, 3.8) is 0 Å². The Labute approximate surface area is 101 Å². The van der Waals surface area contributed by atoms with Gasteiger partial charge in [-0.05, 0) is 37.0 Å². The Kier molecular flexibility index (Phi) is 3.97. The maximum absolute atomic E-state index is 13.7. The van der Waals surface area contributed by atoms with Gasteiger partial charge in [0.15, 0.2) is 0 Å². The molecule has 1 aromatic rings. The van der Waals surface area contributed by atoms with Crippen molar-refractivity contribution >= 4 is 0 Å². The zero-order valence-electron chi connectivity index (χ0n) is 9.99. The fourth-order valence-electron chi connectivity index (χ4n) is 2.23. The van der Waals surface area contributed by atoms with Crippen molar-refractivity contribution in [2.24, 2.45) is 11.7 Å². The van der Waals surface area contributed by atoms with Crippen LogP contribution in [0, 0.1) is 11.7 Å². The van der Waals surface area contributed by atoms with E-state index in [1.165, 1.54) is 6.07 Å². The van der Waals surface area contributed by atoms with Crippen LogP contribution in [0.25, 0.3) is 0 Å². The van der Waals surface area contributed by atoms with Crippen LogP contribution in [-0.2, 0) is 4.74 Å². The third-order valence-electron chi connectivity index (χ3n) is 3.34. The topological polar surface area (TPSA) is 44.5 Å². The number of hydrogen-bond donors (Lipinski definition) is 1. The molecule has 0 spiro atoms. The summed E-state index contributed by atoms with van der Waals surface area (Å²) in [4.78, 5) is 0. The first-order valence-electron chi connectivity index (χ1n) is 5.89. The normalized spacial score (nSPS) is 19.0. The zero-order valence-corrected chi connectivity index (χ0v) is 9.99. The van der Waals surface area contributed by atoms with E-state index >= 15 is 0 Å². The maximum atomic E-state index is 13.7. The van der Waals surface area contributed by atoms with E-state index in [1.54, 1.807) is 19.2 Å². The minimum Gasteiger partial charge on any atom is -0.497 e. The molecule has 1 aromatic carbocycles. The van der Waals surface area contributed by atoms with Crippen molar-refractivity contribution < 1.29 is 13.9 Å². The largest absolute Gasteiger partial charge is 0.497 e. The van der Waals surface area contributed by atoms with E-state index in [2.05, 4.69) is 0 Å². The summed E-state index contributed by atoms with van der Waals surface area (Å²) in [5.74, 6) is 0.666. The van der Waals surface area contributed by atoms with Crippen LogP contribution in [0.1, 0.15) is 24.4 Å². The lowest BCUT2D eigenvalue weighted by Gasteiger charge is -2.28. The van der Waals surface area contributed by atoms with Crippen molar-refractivity contribution in [2.45, 2.75) is 18.9 Å². The third kappa shape index (κ3) is 2.76. The number of benzene rings is 1. The molecule has 1 heterocycles. The molecule has 94 valence electrons. The molecular formula is C13H18FNO2. The SMILES string of the molecule is COc1ccc(F)c([C@H](N)C2CCOCC2)c1. The lowest BCUT2D eigenvalue weighted by atomic mass is 9.87. The highest BCUT2D eigenvalue weighted by atomic mass is 19.1. The lowest BCUT2D eigenvalue weighted by molar-refractivity contribution is 0.0580. The molecule has 0 radical (unpaired) electrons. The average molecular weight is 239 g/mol. The van der Waals surface area contributed by atoms with E-state index < -0.39 is 0 Å². The fourth-order valence-corrected chi connectivity index (χ4v) is 2.23. The Bertz CT molecular complexity index is 378. The molecule has 0 bridgehead atoms. The molecule has 0 unspecified atom stereocenters. The van der Waals surface area contributed by atoms with E-state index in [4.69, 9.17) is 15.2 Å². The number of rotatable bonds is 3. The smallest absolute Gasteiger partial charge is 0.128 e. The molecule has 0 aliphatic carbocycles. The molecule has 1 aliphatic rings. The summed E-state index contributed by atoms with van der Waals surface area (Å²) >= 11 is 0. The summed E-state index contributed by atoms with van der Waals surface area (Å²) in [7, 11) is 1.57. The molecule has 1 aliphatic heterocycles. The predicted molar refractivity (Wildman–Crippen MR) is 63.4 cm³/mol. The molecule has 1 atom stereocenters. The van der Waals surface area contributed by atoms with Crippen molar-refractivity contribution in [1.29, 1.82) is 0 Å². The maximum Gasteiger partial charge on any atom is 0.128 e. The van der Waals surface area contributed by atoms with Gasteiger partial charge in [-0.2, -0.15) is 0 Å². The quantitative estimate of drug-likeness (QED) is 0.880. The number of hydrogen-bond acceptors (Lipinski definition) is 3. The Morgan fingerprint density at radius 2 is 2.12 bits per heavy atom. The van der Waals surface area contributed by atoms with Gasteiger partial charge in [-0.15, -0.1) is 0 Å². The molecule has 4 heteroatoms. The molecule has 3 nitrogen and oxygen atoms in total. The van der Waals surface area contributed by atoms with Gasteiger partial charge >= 0.3 is 0 Å². The standard InChI is InChI=1S/C13H18FNO2/c1-16-10-2-3-12(14)11(8-10)13(15)9-4-6-17-7-5-9/h2-3,8-9,13H,4-7,15H2,1H3/t13-/m1/s1. The molecule has 0 saturated carbocycles. The minimum absolute atomic E-state index is 0.259. The first-order valence-corrected chi connectivity index (χ1v) is 5.89. The summed E-state index contributed by atoms with van der Waals surface area (Å²) in [6, 6.07) is 4.42. The van der Waals surface area contributed by atoms with Crippen LogP contribution in [0.5, 0.6) is 5.75 Å². The molecule has 1 fully saturated rings. The average Bonchev–Trinajstić information content (AvgIpc) is 2.39. The third-order valence-corrected chi connectivity index (χ3v) is 3.34. The fraction of sp³-hybridized carbons (Fsp3) is 0.538. The summed E-state index contributed by atoms with van der Waals surface area (Å²) < 4.78 is 24.1. The van der Waals surface area contributed by atoms with E-state index in [9.17, 15) is 4.39 Å². The van der Waals surface area contributed by atoms with Crippen molar-refractivity contribution in [1.82, 2.24) is 0 Å². The Balaban J connectivity index is 2.19. The van der Waals surface area contributed by atoms with Gasteiger partial charge in [0.2, 0.25) is 0 Å². The van der Waals surface area contributed by atoms with Gasteiger partial charge < -0.3 is 15.2 Å². The summed E-state index contributed by atoms with van der Waals surface area (Å²) in [5.41, 5.74) is 6.68. The number of ether oxygens (including phenoxy) is 2. The molecule has 17 heavy (non-hydrogen) atoms. The van der Waals surface area contributed by atoms with Crippen LogP contribution in [0.3, 0.4) is 0 Å². The van der Waals surface area contributed by atoms with Crippen LogP contribution in [0.2, 0.25) is 0 Å². The molecule has 2 N–H and O–H groups in total. The van der Waals surface area contributed by atoms with Gasteiger partial charge in [-0.25, -0.2) is 4.39 Å².